The summed E-state index contributed by atoms with van der Waals surface area (Å²) in [7, 11) is 0. The van der Waals surface area contributed by atoms with Crippen LogP contribution in [0.15, 0.2) is 60.9 Å². The number of nitrogens with zero attached hydrogens (tertiary/aromatic N) is 2. The summed E-state index contributed by atoms with van der Waals surface area (Å²) < 4.78 is 0. The minimum absolute atomic E-state index is 0.0992. The Kier molecular flexibility index (Phi) is 5.66. The quantitative estimate of drug-likeness (QED) is 0.600. The molecule has 0 unspecified atom stereocenters. The van der Waals surface area contributed by atoms with Crippen molar-refractivity contribution in [2.75, 3.05) is 16.0 Å². The molecule has 0 aliphatic rings. The van der Waals surface area contributed by atoms with Gasteiger partial charge >= 0.3 is 0 Å². The third-order valence-electron chi connectivity index (χ3n) is 3.53. The van der Waals surface area contributed by atoms with Crippen LogP contribution in [0.1, 0.15) is 12.5 Å². The molecule has 3 N–H and O–H groups in total. The summed E-state index contributed by atoms with van der Waals surface area (Å²) in [5.74, 6) is 1.29. The summed E-state index contributed by atoms with van der Waals surface area (Å²) in [5.41, 5.74) is 2.72. The molecule has 0 spiro atoms. The fourth-order valence-corrected chi connectivity index (χ4v) is 2.43. The van der Waals surface area contributed by atoms with Crippen LogP contribution in [0.2, 0.25) is 5.02 Å². The molecule has 0 bridgehead atoms. The Hall–Kier alpha value is -3.12. The van der Waals surface area contributed by atoms with Gasteiger partial charge in [-0.1, -0.05) is 23.7 Å². The smallest absolute Gasteiger partial charge is 0.221 e. The van der Waals surface area contributed by atoms with E-state index in [-0.39, 0.29) is 5.91 Å². The van der Waals surface area contributed by atoms with Crippen LogP contribution >= 0.6 is 11.6 Å². The molecular formula is C19H18ClN5O. The lowest BCUT2D eigenvalue weighted by Crippen LogP contribution is -2.05. The number of carbonyl (C=O) groups is 1. The largest absolute Gasteiger partial charge is 0.366 e. The maximum absolute atomic E-state index is 11.1. The normalized spacial score (nSPS) is 10.2. The van der Waals surface area contributed by atoms with E-state index in [1.807, 2.05) is 54.6 Å². The monoisotopic (exact) mass is 367 g/mol. The van der Waals surface area contributed by atoms with E-state index in [4.69, 9.17) is 11.6 Å². The van der Waals surface area contributed by atoms with Gasteiger partial charge in [0.1, 0.15) is 18.0 Å². The van der Waals surface area contributed by atoms with E-state index in [1.54, 1.807) is 0 Å². The molecule has 0 saturated heterocycles. The zero-order chi connectivity index (χ0) is 18.4. The summed E-state index contributed by atoms with van der Waals surface area (Å²) in [5, 5.41) is 9.91. The highest BCUT2D eigenvalue weighted by molar-refractivity contribution is 6.30. The van der Waals surface area contributed by atoms with Gasteiger partial charge in [0.25, 0.3) is 0 Å². The zero-order valence-corrected chi connectivity index (χ0v) is 14.9. The molecule has 2 aromatic carbocycles. The van der Waals surface area contributed by atoms with Crippen molar-refractivity contribution < 1.29 is 4.79 Å². The first-order valence-electron chi connectivity index (χ1n) is 8.03. The Morgan fingerprint density at radius 1 is 0.962 bits per heavy atom. The van der Waals surface area contributed by atoms with E-state index in [0.29, 0.717) is 23.2 Å². The molecule has 1 amide bonds. The number of hydrogen-bond donors (Lipinski definition) is 3. The molecule has 132 valence electrons. The van der Waals surface area contributed by atoms with Crippen LogP contribution in [0.4, 0.5) is 23.0 Å². The lowest BCUT2D eigenvalue weighted by atomic mass is 10.2. The summed E-state index contributed by atoms with van der Waals surface area (Å²) in [6.07, 6.45) is 1.50. The van der Waals surface area contributed by atoms with Crippen LogP contribution in [0.25, 0.3) is 0 Å². The van der Waals surface area contributed by atoms with Crippen molar-refractivity contribution in [1.82, 2.24) is 9.97 Å². The molecule has 1 heterocycles. The second kappa shape index (κ2) is 8.31. The average molecular weight is 368 g/mol. The number of anilines is 4. The zero-order valence-electron chi connectivity index (χ0n) is 14.2. The first-order valence-corrected chi connectivity index (χ1v) is 8.41. The minimum Gasteiger partial charge on any atom is -0.366 e. The molecule has 0 atom stereocenters. The summed E-state index contributed by atoms with van der Waals surface area (Å²) in [6.45, 7) is 2.12. The standard InChI is InChI=1S/C19H18ClN5O/c1-13(26)24-16-6-8-17(9-7-16)25-19-10-18(22-12-23-19)21-11-14-2-4-15(20)5-3-14/h2-10,12H,11H2,1H3,(H,24,26)(H2,21,22,23,25). The van der Waals surface area contributed by atoms with Gasteiger partial charge in [0, 0.05) is 35.9 Å². The first-order chi connectivity index (χ1) is 12.6. The number of nitrogens with one attached hydrogen (secondary N) is 3. The Balaban J connectivity index is 1.61. The van der Waals surface area contributed by atoms with Crippen LogP contribution in [0.3, 0.4) is 0 Å². The topological polar surface area (TPSA) is 78.9 Å². The highest BCUT2D eigenvalue weighted by atomic mass is 35.5. The van der Waals surface area contributed by atoms with Crippen LogP contribution in [-0.4, -0.2) is 15.9 Å². The van der Waals surface area contributed by atoms with Gasteiger partial charge in [-0.25, -0.2) is 9.97 Å². The van der Waals surface area contributed by atoms with Gasteiger partial charge in [-0.3, -0.25) is 4.79 Å². The Morgan fingerprint density at radius 2 is 1.62 bits per heavy atom. The highest BCUT2D eigenvalue weighted by Gasteiger charge is 2.01. The van der Waals surface area contributed by atoms with Gasteiger partial charge < -0.3 is 16.0 Å². The van der Waals surface area contributed by atoms with Gasteiger partial charge in [-0.15, -0.1) is 0 Å². The SMILES string of the molecule is CC(=O)Nc1ccc(Nc2cc(NCc3ccc(Cl)cc3)ncn2)cc1. The van der Waals surface area contributed by atoms with Gasteiger partial charge in [-0.2, -0.15) is 0 Å². The lowest BCUT2D eigenvalue weighted by molar-refractivity contribution is -0.114. The first kappa shape index (κ1) is 17.7. The number of carbonyl (C=O) groups excluding carboxylic acids is 1. The molecule has 6 nitrogen and oxygen atoms in total. The molecule has 1 aromatic heterocycles. The molecule has 0 saturated carbocycles. The molecule has 3 rings (SSSR count). The molecule has 3 aromatic rings. The number of rotatable bonds is 6. The number of aromatic nitrogens is 2. The van der Waals surface area contributed by atoms with Crippen molar-refractivity contribution in [3.8, 4) is 0 Å². The Bertz CT molecular complexity index is 881. The molecule has 0 fully saturated rings. The Labute approximate surface area is 156 Å². The van der Waals surface area contributed by atoms with Gasteiger partial charge in [0.15, 0.2) is 0 Å². The Morgan fingerprint density at radius 3 is 2.31 bits per heavy atom. The molecule has 0 aliphatic heterocycles. The maximum Gasteiger partial charge on any atom is 0.221 e. The van der Waals surface area contributed by atoms with Crippen LogP contribution < -0.4 is 16.0 Å². The number of benzene rings is 2. The molecule has 26 heavy (non-hydrogen) atoms. The van der Waals surface area contributed by atoms with E-state index < -0.39 is 0 Å². The van der Waals surface area contributed by atoms with Crippen molar-refractivity contribution in [3.63, 3.8) is 0 Å². The van der Waals surface area contributed by atoms with E-state index in [2.05, 4.69) is 25.9 Å². The number of halogens is 1. The minimum atomic E-state index is -0.0992. The predicted molar refractivity (Wildman–Crippen MR) is 105 cm³/mol. The third kappa shape index (κ3) is 5.19. The maximum atomic E-state index is 11.1. The van der Waals surface area contributed by atoms with E-state index >= 15 is 0 Å². The van der Waals surface area contributed by atoms with Crippen LogP contribution in [-0.2, 0) is 11.3 Å². The van der Waals surface area contributed by atoms with Crippen molar-refractivity contribution in [3.05, 3.63) is 71.5 Å². The molecular weight excluding hydrogens is 350 g/mol. The summed E-state index contributed by atoms with van der Waals surface area (Å²) >= 11 is 5.89. The number of hydrogen-bond acceptors (Lipinski definition) is 5. The highest BCUT2D eigenvalue weighted by Crippen LogP contribution is 2.19. The second-order valence-electron chi connectivity index (χ2n) is 5.65. The van der Waals surface area contributed by atoms with E-state index in [9.17, 15) is 4.79 Å². The van der Waals surface area contributed by atoms with E-state index in [1.165, 1.54) is 13.3 Å². The molecule has 0 aliphatic carbocycles. The summed E-state index contributed by atoms with van der Waals surface area (Å²) in [4.78, 5) is 19.5. The fraction of sp³-hybridized carbons (Fsp3) is 0.105. The van der Waals surface area contributed by atoms with Gasteiger partial charge in [-0.05, 0) is 42.0 Å². The van der Waals surface area contributed by atoms with Crippen molar-refractivity contribution in [2.24, 2.45) is 0 Å². The van der Waals surface area contributed by atoms with E-state index in [0.717, 1.165) is 16.9 Å². The summed E-state index contributed by atoms with van der Waals surface area (Å²) in [6, 6.07) is 16.9. The van der Waals surface area contributed by atoms with Crippen molar-refractivity contribution in [2.45, 2.75) is 13.5 Å². The van der Waals surface area contributed by atoms with Crippen LogP contribution in [0, 0.1) is 0 Å². The predicted octanol–water partition coefficient (Wildman–Crippen LogP) is 4.44. The average Bonchev–Trinajstić information content (AvgIpc) is 2.63. The van der Waals surface area contributed by atoms with Crippen LogP contribution in [0.5, 0.6) is 0 Å². The van der Waals surface area contributed by atoms with Crippen molar-refractivity contribution >= 4 is 40.5 Å². The van der Waals surface area contributed by atoms with Gasteiger partial charge in [0.2, 0.25) is 5.91 Å². The molecule has 0 radical (unpaired) electrons. The second-order valence-corrected chi connectivity index (χ2v) is 6.09. The van der Waals surface area contributed by atoms with Crippen molar-refractivity contribution in [1.29, 1.82) is 0 Å². The fourth-order valence-electron chi connectivity index (χ4n) is 2.31. The number of amides is 1. The third-order valence-corrected chi connectivity index (χ3v) is 3.78. The van der Waals surface area contributed by atoms with Gasteiger partial charge in [0.05, 0.1) is 0 Å². The lowest BCUT2D eigenvalue weighted by Gasteiger charge is -2.09. The molecule has 7 heteroatoms.